The van der Waals surface area contributed by atoms with Crippen LogP contribution in [0.5, 0.6) is 0 Å². The lowest BCUT2D eigenvalue weighted by Crippen LogP contribution is -2.55. The summed E-state index contributed by atoms with van der Waals surface area (Å²) in [4.78, 5) is 20.3. The van der Waals surface area contributed by atoms with E-state index >= 15 is 0 Å². The number of benzene rings is 2. The molecular formula is C27H35N3O. The second kappa shape index (κ2) is 9.04. The van der Waals surface area contributed by atoms with Crippen LogP contribution in [0.3, 0.4) is 0 Å². The molecular weight excluding hydrogens is 382 g/mol. The summed E-state index contributed by atoms with van der Waals surface area (Å²) in [6.45, 7) is 3.47. The molecule has 2 aromatic rings. The topological polar surface area (TPSA) is 26.8 Å². The number of urea groups is 1. The molecule has 0 N–H and O–H groups in total. The van der Waals surface area contributed by atoms with Crippen LogP contribution in [0.4, 0.5) is 10.5 Å². The van der Waals surface area contributed by atoms with Gasteiger partial charge in [0.1, 0.15) is 0 Å². The average molecular weight is 418 g/mol. The predicted molar refractivity (Wildman–Crippen MR) is 126 cm³/mol. The zero-order chi connectivity index (χ0) is 21.2. The predicted octanol–water partition coefficient (Wildman–Crippen LogP) is 5.69. The minimum Gasteiger partial charge on any atom is -0.310 e. The second-order valence-electron chi connectivity index (χ2n) is 9.66. The van der Waals surface area contributed by atoms with Crippen molar-refractivity contribution in [2.75, 3.05) is 31.6 Å². The number of carbonyl (C=O) groups excluding carboxylic acids is 1. The van der Waals surface area contributed by atoms with Crippen molar-refractivity contribution in [1.82, 2.24) is 9.80 Å². The molecule has 2 heterocycles. The van der Waals surface area contributed by atoms with Crippen LogP contribution in [-0.4, -0.2) is 48.6 Å². The van der Waals surface area contributed by atoms with Crippen LogP contribution in [0.1, 0.15) is 62.1 Å². The lowest BCUT2D eigenvalue weighted by molar-refractivity contribution is 0.0933. The Hall–Kier alpha value is -2.33. The van der Waals surface area contributed by atoms with E-state index in [0.717, 1.165) is 37.5 Å². The molecule has 2 fully saturated rings. The SMILES string of the molecule is CN1C(=O)N(C2CCN(CC3CCCCC3)CC2)C(c2ccccc2)c2ccccc21. The summed E-state index contributed by atoms with van der Waals surface area (Å²) in [6, 6.07) is 19.4. The maximum atomic E-state index is 13.6. The van der Waals surface area contributed by atoms with Crippen LogP contribution in [-0.2, 0) is 0 Å². The van der Waals surface area contributed by atoms with Gasteiger partial charge in [-0.25, -0.2) is 4.79 Å². The van der Waals surface area contributed by atoms with Crippen molar-refractivity contribution < 1.29 is 4.79 Å². The quantitative estimate of drug-likeness (QED) is 0.639. The normalized spacial score (nSPS) is 23.8. The molecule has 1 unspecified atom stereocenters. The summed E-state index contributed by atoms with van der Waals surface area (Å²) < 4.78 is 0. The summed E-state index contributed by atoms with van der Waals surface area (Å²) in [5.41, 5.74) is 3.48. The number of hydrogen-bond donors (Lipinski definition) is 0. The van der Waals surface area contributed by atoms with E-state index in [4.69, 9.17) is 0 Å². The van der Waals surface area contributed by atoms with Gasteiger partial charge in [0.05, 0.1) is 11.7 Å². The van der Waals surface area contributed by atoms with Crippen molar-refractivity contribution in [2.24, 2.45) is 5.92 Å². The van der Waals surface area contributed by atoms with E-state index in [1.165, 1.54) is 49.8 Å². The Morgan fingerprint density at radius 2 is 1.52 bits per heavy atom. The molecule has 0 aromatic heterocycles. The minimum atomic E-state index is -0.00371. The zero-order valence-electron chi connectivity index (χ0n) is 18.7. The van der Waals surface area contributed by atoms with Crippen molar-refractivity contribution in [3.8, 4) is 0 Å². The molecule has 164 valence electrons. The van der Waals surface area contributed by atoms with Gasteiger partial charge >= 0.3 is 6.03 Å². The minimum absolute atomic E-state index is 0.00371. The molecule has 3 aliphatic rings. The second-order valence-corrected chi connectivity index (χ2v) is 9.66. The first-order valence-corrected chi connectivity index (χ1v) is 12.1. The number of para-hydroxylation sites is 1. The zero-order valence-corrected chi connectivity index (χ0v) is 18.7. The number of nitrogens with zero attached hydrogens (tertiary/aromatic N) is 3. The number of amides is 2. The molecule has 1 saturated heterocycles. The molecule has 0 spiro atoms. The Morgan fingerprint density at radius 3 is 2.26 bits per heavy atom. The van der Waals surface area contributed by atoms with Gasteiger partial charge < -0.3 is 9.80 Å². The number of likely N-dealkylation sites (tertiary alicyclic amines) is 1. The van der Waals surface area contributed by atoms with Gasteiger partial charge in [0.15, 0.2) is 0 Å². The summed E-state index contributed by atoms with van der Waals surface area (Å²) in [6.07, 6.45) is 9.19. The van der Waals surface area contributed by atoms with E-state index in [9.17, 15) is 4.79 Å². The van der Waals surface area contributed by atoms with Gasteiger partial charge in [-0.15, -0.1) is 0 Å². The summed E-state index contributed by atoms with van der Waals surface area (Å²) in [5, 5.41) is 0. The molecule has 4 nitrogen and oxygen atoms in total. The van der Waals surface area contributed by atoms with Gasteiger partial charge in [0.25, 0.3) is 0 Å². The van der Waals surface area contributed by atoms with Crippen molar-refractivity contribution >= 4 is 11.7 Å². The Balaban J connectivity index is 1.38. The Kier molecular flexibility index (Phi) is 5.99. The molecule has 2 amide bonds. The van der Waals surface area contributed by atoms with Crippen LogP contribution < -0.4 is 4.90 Å². The fraction of sp³-hybridized carbons (Fsp3) is 0.519. The standard InChI is InChI=1S/C27H35N3O/c1-28-25-15-9-8-14-24(25)26(22-12-6-3-7-13-22)30(27(28)31)23-16-18-29(19-17-23)20-21-10-4-2-5-11-21/h3,6-9,12-15,21,23,26H,2,4-5,10-11,16-20H2,1H3. The van der Waals surface area contributed by atoms with Crippen LogP contribution in [0.25, 0.3) is 0 Å². The fourth-order valence-corrected chi connectivity index (χ4v) is 6.02. The number of carbonyl (C=O) groups is 1. The third kappa shape index (κ3) is 4.10. The monoisotopic (exact) mass is 417 g/mol. The molecule has 0 bridgehead atoms. The smallest absolute Gasteiger partial charge is 0.310 e. The van der Waals surface area contributed by atoms with Crippen molar-refractivity contribution in [1.29, 1.82) is 0 Å². The Bertz CT molecular complexity index is 884. The van der Waals surface area contributed by atoms with Crippen LogP contribution >= 0.6 is 0 Å². The number of fused-ring (bicyclic) bond motifs is 1. The Morgan fingerprint density at radius 1 is 0.839 bits per heavy atom. The molecule has 5 rings (SSSR count). The number of hydrogen-bond acceptors (Lipinski definition) is 2. The van der Waals surface area contributed by atoms with Gasteiger partial charge in [-0.05, 0) is 43.2 Å². The van der Waals surface area contributed by atoms with Crippen molar-refractivity contribution in [2.45, 2.75) is 57.0 Å². The van der Waals surface area contributed by atoms with Gasteiger partial charge in [0.2, 0.25) is 0 Å². The Labute approximate surface area is 186 Å². The maximum absolute atomic E-state index is 13.6. The number of anilines is 1. The van der Waals surface area contributed by atoms with Crippen LogP contribution in [0.2, 0.25) is 0 Å². The molecule has 0 radical (unpaired) electrons. The van der Waals surface area contributed by atoms with Gasteiger partial charge in [-0.1, -0.05) is 67.8 Å². The van der Waals surface area contributed by atoms with Gasteiger partial charge in [-0.3, -0.25) is 4.90 Å². The molecule has 2 aliphatic heterocycles. The number of rotatable bonds is 4. The molecule has 2 aromatic carbocycles. The first kappa shape index (κ1) is 20.6. The summed E-state index contributed by atoms with van der Waals surface area (Å²) in [7, 11) is 1.92. The van der Waals surface area contributed by atoms with E-state index in [2.05, 4.69) is 58.3 Å². The van der Waals surface area contributed by atoms with Crippen molar-refractivity contribution in [3.05, 3.63) is 65.7 Å². The van der Waals surface area contributed by atoms with E-state index < -0.39 is 0 Å². The molecule has 1 saturated carbocycles. The van der Waals surface area contributed by atoms with Crippen LogP contribution in [0, 0.1) is 5.92 Å². The van der Waals surface area contributed by atoms with Crippen LogP contribution in [0.15, 0.2) is 54.6 Å². The van der Waals surface area contributed by atoms with Gasteiger partial charge in [-0.2, -0.15) is 0 Å². The third-order valence-corrected chi connectivity index (χ3v) is 7.69. The van der Waals surface area contributed by atoms with Crippen molar-refractivity contribution in [3.63, 3.8) is 0 Å². The molecule has 1 atom stereocenters. The molecule has 1 aliphatic carbocycles. The average Bonchev–Trinajstić information content (AvgIpc) is 2.83. The van der Waals surface area contributed by atoms with E-state index in [0.29, 0.717) is 0 Å². The molecule has 31 heavy (non-hydrogen) atoms. The number of piperidine rings is 1. The highest BCUT2D eigenvalue weighted by molar-refractivity contribution is 5.95. The lowest BCUT2D eigenvalue weighted by Gasteiger charge is -2.48. The highest BCUT2D eigenvalue weighted by Crippen LogP contribution is 2.42. The summed E-state index contributed by atoms with van der Waals surface area (Å²) in [5.74, 6) is 0.886. The van der Waals surface area contributed by atoms with E-state index in [1.807, 2.05) is 18.0 Å². The maximum Gasteiger partial charge on any atom is 0.325 e. The highest BCUT2D eigenvalue weighted by Gasteiger charge is 2.41. The third-order valence-electron chi connectivity index (χ3n) is 7.69. The molecule has 4 heteroatoms. The first-order chi connectivity index (χ1) is 15.2. The lowest BCUT2D eigenvalue weighted by atomic mass is 9.87. The largest absolute Gasteiger partial charge is 0.325 e. The summed E-state index contributed by atoms with van der Waals surface area (Å²) >= 11 is 0. The van der Waals surface area contributed by atoms with E-state index in [-0.39, 0.29) is 18.1 Å². The fourth-order valence-electron chi connectivity index (χ4n) is 6.02. The first-order valence-electron chi connectivity index (χ1n) is 12.1. The van der Waals surface area contributed by atoms with Gasteiger partial charge in [0, 0.05) is 38.3 Å². The van der Waals surface area contributed by atoms with E-state index in [1.54, 1.807) is 0 Å². The highest BCUT2D eigenvalue weighted by atomic mass is 16.2.